The number of nitrogens with zero attached hydrogens (tertiary/aromatic N) is 2. The molecule has 0 bridgehead atoms. The standard InChI is InChI=1S/C15H19N3/c1-15(7-8-16-11-15)14-9-17-12-18(14)10-13-5-3-2-4-6-13/h2-6,9,12,16H,7-8,10-11H2,1H3. The van der Waals surface area contributed by atoms with Gasteiger partial charge in [-0.25, -0.2) is 4.98 Å². The van der Waals surface area contributed by atoms with Crippen molar-refractivity contribution in [2.75, 3.05) is 13.1 Å². The van der Waals surface area contributed by atoms with E-state index in [1.54, 1.807) is 0 Å². The fourth-order valence-corrected chi connectivity index (χ4v) is 2.76. The third-order valence-corrected chi connectivity index (χ3v) is 3.90. The maximum atomic E-state index is 4.34. The molecule has 1 unspecified atom stereocenters. The molecule has 0 amide bonds. The molecule has 0 aliphatic carbocycles. The second kappa shape index (κ2) is 4.58. The highest BCUT2D eigenvalue weighted by molar-refractivity contribution is 5.21. The van der Waals surface area contributed by atoms with Gasteiger partial charge in [-0.05, 0) is 18.5 Å². The third kappa shape index (κ3) is 2.06. The van der Waals surface area contributed by atoms with Crippen LogP contribution in [-0.4, -0.2) is 22.6 Å². The zero-order valence-corrected chi connectivity index (χ0v) is 10.8. The second-order valence-corrected chi connectivity index (χ2v) is 5.38. The number of imidazole rings is 1. The molecule has 1 aromatic heterocycles. The molecule has 1 aromatic carbocycles. The summed E-state index contributed by atoms with van der Waals surface area (Å²) in [5, 5.41) is 3.45. The van der Waals surface area contributed by atoms with Gasteiger partial charge in [0.1, 0.15) is 0 Å². The molecule has 3 nitrogen and oxygen atoms in total. The number of benzene rings is 1. The van der Waals surface area contributed by atoms with Gasteiger partial charge >= 0.3 is 0 Å². The lowest BCUT2D eigenvalue weighted by molar-refractivity contribution is 0.481. The average Bonchev–Trinajstić information content (AvgIpc) is 3.00. The second-order valence-electron chi connectivity index (χ2n) is 5.38. The molecule has 1 aliphatic heterocycles. The summed E-state index contributed by atoms with van der Waals surface area (Å²) < 4.78 is 2.28. The fourth-order valence-electron chi connectivity index (χ4n) is 2.76. The molecule has 1 atom stereocenters. The number of hydrogen-bond acceptors (Lipinski definition) is 2. The van der Waals surface area contributed by atoms with E-state index in [9.17, 15) is 0 Å². The Bertz CT molecular complexity index is 510. The fraction of sp³-hybridized carbons (Fsp3) is 0.400. The molecule has 3 rings (SSSR count). The molecule has 0 spiro atoms. The summed E-state index contributed by atoms with van der Waals surface area (Å²) in [7, 11) is 0. The summed E-state index contributed by atoms with van der Waals surface area (Å²) in [6.45, 7) is 5.39. The summed E-state index contributed by atoms with van der Waals surface area (Å²) in [5.74, 6) is 0. The van der Waals surface area contributed by atoms with Gasteiger partial charge in [-0.15, -0.1) is 0 Å². The average molecular weight is 241 g/mol. The van der Waals surface area contributed by atoms with E-state index in [0.717, 1.165) is 19.6 Å². The highest BCUT2D eigenvalue weighted by atomic mass is 15.1. The van der Waals surface area contributed by atoms with Crippen LogP contribution in [0.2, 0.25) is 0 Å². The van der Waals surface area contributed by atoms with Gasteiger partial charge in [-0.3, -0.25) is 0 Å². The lowest BCUT2D eigenvalue weighted by Gasteiger charge is -2.24. The van der Waals surface area contributed by atoms with Crippen LogP contribution in [0.4, 0.5) is 0 Å². The molecular weight excluding hydrogens is 222 g/mol. The lowest BCUT2D eigenvalue weighted by Crippen LogP contribution is -2.28. The van der Waals surface area contributed by atoms with Crippen LogP contribution in [-0.2, 0) is 12.0 Å². The van der Waals surface area contributed by atoms with E-state index in [2.05, 4.69) is 52.1 Å². The Balaban J connectivity index is 1.88. The molecule has 0 saturated carbocycles. The quantitative estimate of drug-likeness (QED) is 0.892. The van der Waals surface area contributed by atoms with Crippen molar-refractivity contribution in [2.45, 2.75) is 25.3 Å². The van der Waals surface area contributed by atoms with E-state index < -0.39 is 0 Å². The Labute approximate surface area is 108 Å². The first kappa shape index (κ1) is 11.5. The van der Waals surface area contributed by atoms with Gasteiger partial charge in [-0.1, -0.05) is 37.3 Å². The van der Waals surface area contributed by atoms with E-state index in [4.69, 9.17) is 0 Å². The maximum Gasteiger partial charge on any atom is 0.0951 e. The smallest absolute Gasteiger partial charge is 0.0951 e. The van der Waals surface area contributed by atoms with E-state index in [1.807, 2.05) is 12.5 Å². The highest BCUT2D eigenvalue weighted by Gasteiger charge is 2.33. The molecule has 2 heterocycles. The first-order valence-electron chi connectivity index (χ1n) is 6.53. The van der Waals surface area contributed by atoms with Crippen molar-refractivity contribution in [2.24, 2.45) is 0 Å². The Morgan fingerprint density at radius 2 is 2.17 bits per heavy atom. The minimum Gasteiger partial charge on any atom is -0.330 e. The van der Waals surface area contributed by atoms with Crippen LogP contribution in [0, 0.1) is 0 Å². The monoisotopic (exact) mass is 241 g/mol. The Hall–Kier alpha value is -1.61. The SMILES string of the molecule is CC1(c2cncn2Cc2ccccc2)CCNC1. The summed E-state index contributed by atoms with van der Waals surface area (Å²) in [5.41, 5.74) is 2.90. The normalized spacial score (nSPS) is 23.4. The number of aromatic nitrogens is 2. The van der Waals surface area contributed by atoms with Gasteiger partial charge in [0.25, 0.3) is 0 Å². The number of nitrogens with one attached hydrogen (secondary N) is 1. The largest absolute Gasteiger partial charge is 0.330 e. The van der Waals surface area contributed by atoms with Gasteiger partial charge in [-0.2, -0.15) is 0 Å². The van der Waals surface area contributed by atoms with E-state index in [-0.39, 0.29) is 5.41 Å². The summed E-state index contributed by atoms with van der Waals surface area (Å²) >= 11 is 0. The molecular formula is C15H19N3. The predicted octanol–water partition coefficient (Wildman–Crippen LogP) is 2.18. The first-order valence-corrected chi connectivity index (χ1v) is 6.53. The van der Waals surface area contributed by atoms with E-state index in [1.165, 1.54) is 17.7 Å². The highest BCUT2D eigenvalue weighted by Crippen LogP contribution is 2.30. The van der Waals surface area contributed by atoms with E-state index in [0.29, 0.717) is 0 Å². The number of hydrogen-bond donors (Lipinski definition) is 1. The zero-order valence-electron chi connectivity index (χ0n) is 10.8. The minimum absolute atomic E-state index is 0.227. The Morgan fingerprint density at radius 1 is 1.33 bits per heavy atom. The van der Waals surface area contributed by atoms with Gasteiger partial charge in [0.05, 0.1) is 6.33 Å². The first-order chi connectivity index (χ1) is 8.78. The van der Waals surface area contributed by atoms with Crippen LogP contribution in [0.25, 0.3) is 0 Å². The van der Waals surface area contributed by atoms with Crippen LogP contribution < -0.4 is 5.32 Å². The molecule has 94 valence electrons. The number of rotatable bonds is 3. The molecule has 1 saturated heterocycles. The van der Waals surface area contributed by atoms with Crippen molar-refractivity contribution in [1.29, 1.82) is 0 Å². The summed E-state index contributed by atoms with van der Waals surface area (Å²) in [6.07, 6.45) is 5.16. The molecule has 18 heavy (non-hydrogen) atoms. The Morgan fingerprint density at radius 3 is 2.89 bits per heavy atom. The van der Waals surface area contributed by atoms with Crippen molar-refractivity contribution in [3.63, 3.8) is 0 Å². The topological polar surface area (TPSA) is 29.9 Å². The Kier molecular flexibility index (Phi) is 2.92. The molecule has 1 fully saturated rings. The molecule has 1 N–H and O–H groups in total. The van der Waals surface area contributed by atoms with Crippen LogP contribution in [0.15, 0.2) is 42.9 Å². The zero-order chi connectivity index (χ0) is 12.4. The van der Waals surface area contributed by atoms with Crippen LogP contribution in [0.5, 0.6) is 0 Å². The third-order valence-electron chi connectivity index (χ3n) is 3.90. The van der Waals surface area contributed by atoms with Crippen molar-refractivity contribution < 1.29 is 0 Å². The maximum absolute atomic E-state index is 4.34. The van der Waals surface area contributed by atoms with Crippen LogP contribution >= 0.6 is 0 Å². The van der Waals surface area contributed by atoms with Crippen molar-refractivity contribution in [3.05, 3.63) is 54.1 Å². The van der Waals surface area contributed by atoms with Gasteiger partial charge in [0.2, 0.25) is 0 Å². The lowest BCUT2D eigenvalue weighted by atomic mass is 9.86. The minimum atomic E-state index is 0.227. The molecule has 2 aromatic rings. The van der Waals surface area contributed by atoms with Crippen molar-refractivity contribution in [3.8, 4) is 0 Å². The summed E-state index contributed by atoms with van der Waals surface area (Å²) in [6, 6.07) is 10.6. The molecule has 1 aliphatic rings. The van der Waals surface area contributed by atoms with Crippen LogP contribution in [0.3, 0.4) is 0 Å². The van der Waals surface area contributed by atoms with Gasteiger partial charge < -0.3 is 9.88 Å². The van der Waals surface area contributed by atoms with E-state index >= 15 is 0 Å². The van der Waals surface area contributed by atoms with Crippen LogP contribution in [0.1, 0.15) is 24.6 Å². The van der Waals surface area contributed by atoms with Crippen molar-refractivity contribution in [1.82, 2.24) is 14.9 Å². The van der Waals surface area contributed by atoms with Gasteiger partial charge in [0, 0.05) is 30.4 Å². The molecule has 0 radical (unpaired) electrons. The van der Waals surface area contributed by atoms with Crippen molar-refractivity contribution >= 4 is 0 Å². The summed E-state index contributed by atoms with van der Waals surface area (Å²) in [4.78, 5) is 4.34. The van der Waals surface area contributed by atoms with Gasteiger partial charge in [0.15, 0.2) is 0 Å². The molecule has 3 heteroatoms. The predicted molar refractivity (Wildman–Crippen MR) is 72.6 cm³/mol.